The molecular formula is C21H18ClN3O4S. The summed E-state index contributed by atoms with van der Waals surface area (Å²) in [6.45, 7) is 0. The van der Waals surface area contributed by atoms with Crippen LogP contribution in [0.1, 0.15) is 15.9 Å². The van der Waals surface area contributed by atoms with Gasteiger partial charge in [0, 0.05) is 16.3 Å². The van der Waals surface area contributed by atoms with Crippen LogP contribution in [0, 0.1) is 0 Å². The maximum Gasteiger partial charge on any atom is 0.269 e. The first-order chi connectivity index (χ1) is 14.3. The van der Waals surface area contributed by atoms with E-state index >= 15 is 0 Å². The number of hydrogen-bond acceptors (Lipinski definition) is 4. The summed E-state index contributed by atoms with van der Waals surface area (Å²) in [7, 11) is -3.72. The largest absolute Gasteiger partial charge is 0.280 e. The number of hydrazine groups is 1. The normalized spacial score (nSPS) is 10.8. The third-order valence-corrected chi connectivity index (χ3v) is 5.70. The Balaban J connectivity index is 1.54. The molecule has 9 heteroatoms. The summed E-state index contributed by atoms with van der Waals surface area (Å²) in [5.74, 6) is -0.921. The lowest BCUT2D eigenvalue weighted by Gasteiger charge is -2.10. The van der Waals surface area contributed by atoms with Gasteiger partial charge in [-0.2, -0.15) is 0 Å². The van der Waals surface area contributed by atoms with Crippen LogP contribution in [-0.4, -0.2) is 20.2 Å². The van der Waals surface area contributed by atoms with Crippen molar-refractivity contribution in [3.05, 3.63) is 95.0 Å². The monoisotopic (exact) mass is 443 g/mol. The van der Waals surface area contributed by atoms with Crippen molar-refractivity contribution in [2.24, 2.45) is 0 Å². The van der Waals surface area contributed by atoms with E-state index in [9.17, 15) is 18.0 Å². The molecule has 3 aromatic rings. The highest BCUT2D eigenvalue weighted by atomic mass is 35.5. The Morgan fingerprint density at radius 2 is 1.43 bits per heavy atom. The van der Waals surface area contributed by atoms with Crippen molar-refractivity contribution in [3.8, 4) is 0 Å². The zero-order chi connectivity index (χ0) is 21.6. The van der Waals surface area contributed by atoms with E-state index in [1.165, 1.54) is 36.4 Å². The minimum Gasteiger partial charge on any atom is -0.280 e. The molecule has 0 radical (unpaired) electrons. The van der Waals surface area contributed by atoms with Gasteiger partial charge in [-0.05, 0) is 54.1 Å². The fourth-order valence-corrected chi connectivity index (χ4v) is 3.74. The van der Waals surface area contributed by atoms with Crippen molar-refractivity contribution in [2.75, 3.05) is 4.72 Å². The summed E-state index contributed by atoms with van der Waals surface area (Å²) in [5, 5.41) is 0.571. The SMILES string of the molecule is O=C(Cc1ccc(Cl)cc1)NNC(=O)c1ccc(NS(=O)(=O)c2ccccc2)cc1. The standard InChI is InChI=1S/C21H18ClN3O4S/c22-17-10-6-15(7-11-17)14-20(26)23-24-21(27)16-8-12-18(13-9-16)25-30(28,29)19-4-2-1-3-5-19/h1-13,25H,14H2,(H,23,26)(H,24,27). The van der Waals surface area contributed by atoms with Gasteiger partial charge in [0.2, 0.25) is 5.91 Å². The van der Waals surface area contributed by atoms with E-state index in [-0.39, 0.29) is 16.9 Å². The van der Waals surface area contributed by atoms with Gasteiger partial charge in [0.05, 0.1) is 11.3 Å². The lowest BCUT2D eigenvalue weighted by atomic mass is 10.1. The minimum absolute atomic E-state index is 0.0810. The molecule has 0 bridgehead atoms. The van der Waals surface area contributed by atoms with Crippen LogP contribution >= 0.6 is 11.6 Å². The first-order valence-electron chi connectivity index (χ1n) is 8.85. The first kappa shape index (κ1) is 21.4. The zero-order valence-corrected chi connectivity index (χ0v) is 17.2. The molecule has 0 aliphatic heterocycles. The van der Waals surface area contributed by atoms with Gasteiger partial charge in [0.1, 0.15) is 0 Å². The molecule has 3 rings (SSSR count). The molecule has 154 valence electrons. The van der Waals surface area contributed by atoms with E-state index in [4.69, 9.17) is 11.6 Å². The van der Waals surface area contributed by atoms with Gasteiger partial charge in [0.15, 0.2) is 0 Å². The van der Waals surface area contributed by atoms with Crippen LogP contribution in [0.2, 0.25) is 5.02 Å². The number of halogens is 1. The number of sulfonamides is 1. The summed E-state index contributed by atoms with van der Waals surface area (Å²) in [5.41, 5.74) is 5.97. The Hall–Kier alpha value is -3.36. The summed E-state index contributed by atoms with van der Waals surface area (Å²) < 4.78 is 27.1. The lowest BCUT2D eigenvalue weighted by Crippen LogP contribution is -2.42. The molecule has 7 nitrogen and oxygen atoms in total. The molecule has 3 N–H and O–H groups in total. The average molecular weight is 444 g/mol. The predicted molar refractivity (Wildman–Crippen MR) is 114 cm³/mol. The van der Waals surface area contributed by atoms with Crippen LogP contribution in [0.15, 0.2) is 83.8 Å². The second-order valence-electron chi connectivity index (χ2n) is 6.30. The second kappa shape index (κ2) is 9.43. The number of carbonyl (C=O) groups excluding carboxylic acids is 2. The van der Waals surface area contributed by atoms with E-state index < -0.39 is 21.8 Å². The van der Waals surface area contributed by atoms with Crippen LogP contribution in [0.25, 0.3) is 0 Å². The summed E-state index contributed by atoms with van der Waals surface area (Å²) in [6.07, 6.45) is 0.0810. The minimum atomic E-state index is -3.72. The molecule has 0 heterocycles. The van der Waals surface area contributed by atoms with Crippen molar-refractivity contribution in [1.29, 1.82) is 0 Å². The van der Waals surface area contributed by atoms with Gasteiger partial charge in [-0.15, -0.1) is 0 Å². The van der Waals surface area contributed by atoms with Crippen molar-refractivity contribution >= 4 is 39.1 Å². The molecule has 0 aliphatic rings. The zero-order valence-electron chi connectivity index (χ0n) is 15.6. The predicted octanol–water partition coefficient (Wildman–Crippen LogP) is 3.14. The van der Waals surface area contributed by atoms with Crippen LogP contribution in [0.5, 0.6) is 0 Å². The van der Waals surface area contributed by atoms with Crippen molar-refractivity contribution in [3.63, 3.8) is 0 Å². The number of amides is 2. The molecule has 3 aromatic carbocycles. The third-order valence-electron chi connectivity index (χ3n) is 4.05. The molecule has 0 aliphatic carbocycles. The summed E-state index contributed by atoms with van der Waals surface area (Å²) in [4.78, 5) is 24.3. The van der Waals surface area contributed by atoms with Crippen molar-refractivity contribution < 1.29 is 18.0 Å². The molecule has 0 aromatic heterocycles. The van der Waals surface area contributed by atoms with Gasteiger partial charge < -0.3 is 0 Å². The van der Waals surface area contributed by atoms with E-state index in [0.717, 1.165) is 5.56 Å². The number of benzene rings is 3. The number of anilines is 1. The molecule has 0 saturated heterocycles. The van der Waals surface area contributed by atoms with E-state index in [2.05, 4.69) is 15.6 Å². The maximum absolute atomic E-state index is 12.3. The summed E-state index contributed by atoms with van der Waals surface area (Å²) in [6, 6.07) is 20.6. The van der Waals surface area contributed by atoms with Crippen molar-refractivity contribution in [2.45, 2.75) is 11.3 Å². The Morgan fingerprint density at radius 3 is 2.07 bits per heavy atom. The highest BCUT2D eigenvalue weighted by Gasteiger charge is 2.14. The molecule has 30 heavy (non-hydrogen) atoms. The van der Waals surface area contributed by atoms with E-state index in [1.54, 1.807) is 42.5 Å². The topological polar surface area (TPSA) is 104 Å². The van der Waals surface area contributed by atoms with Gasteiger partial charge >= 0.3 is 0 Å². The molecule has 2 amide bonds. The van der Waals surface area contributed by atoms with Crippen LogP contribution in [0.4, 0.5) is 5.69 Å². The molecule has 0 fully saturated rings. The van der Waals surface area contributed by atoms with Gasteiger partial charge in [0.25, 0.3) is 15.9 Å². The molecule has 0 saturated carbocycles. The lowest BCUT2D eigenvalue weighted by molar-refractivity contribution is -0.121. The number of nitrogens with one attached hydrogen (secondary N) is 3. The Morgan fingerprint density at radius 1 is 0.800 bits per heavy atom. The number of carbonyl (C=O) groups is 2. The quantitative estimate of drug-likeness (QED) is 0.509. The highest BCUT2D eigenvalue weighted by molar-refractivity contribution is 7.92. The third kappa shape index (κ3) is 5.82. The fourth-order valence-electron chi connectivity index (χ4n) is 2.53. The van der Waals surface area contributed by atoms with E-state index in [0.29, 0.717) is 10.7 Å². The van der Waals surface area contributed by atoms with Gasteiger partial charge in [-0.1, -0.05) is 41.9 Å². The number of rotatable bonds is 6. The summed E-state index contributed by atoms with van der Waals surface area (Å²) >= 11 is 5.80. The Labute approximate surface area is 179 Å². The Bertz CT molecular complexity index is 1130. The van der Waals surface area contributed by atoms with Crippen LogP contribution in [-0.2, 0) is 21.2 Å². The Kier molecular flexibility index (Phi) is 6.71. The van der Waals surface area contributed by atoms with Crippen LogP contribution < -0.4 is 15.6 Å². The molecule has 0 unspecified atom stereocenters. The van der Waals surface area contributed by atoms with Crippen molar-refractivity contribution in [1.82, 2.24) is 10.9 Å². The van der Waals surface area contributed by atoms with E-state index in [1.807, 2.05) is 0 Å². The second-order valence-corrected chi connectivity index (χ2v) is 8.42. The fraction of sp³-hybridized carbons (Fsp3) is 0.0476. The smallest absolute Gasteiger partial charge is 0.269 e. The molecule has 0 atom stereocenters. The first-order valence-corrected chi connectivity index (χ1v) is 10.7. The number of hydrogen-bond donors (Lipinski definition) is 3. The maximum atomic E-state index is 12.3. The highest BCUT2D eigenvalue weighted by Crippen LogP contribution is 2.16. The van der Waals surface area contributed by atoms with Gasteiger partial charge in [-0.3, -0.25) is 25.2 Å². The molecule has 0 spiro atoms. The molecular weight excluding hydrogens is 426 g/mol. The van der Waals surface area contributed by atoms with Crippen LogP contribution in [0.3, 0.4) is 0 Å². The van der Waals surface area contributed by atoms with Gasteiger partial charge in [-0.25, -0.2) is 8.42 Å². The average Bonchev–Trinajstić information content (AvgIpc) is 2.74.